The summed E-state index contributed by atoms with van der Waals surface area (Å²) in [6.45, 7) is 2.59. The van der Waals surface area contributed by atoms with Crippen molar-refractivity contribution < 1.29 is 14.4 Å². The lowest BCUT2D eigenvalue weighted by atomic mass is 10.0. The van der Waals surface area contributed by atoms with Crippen LogP contribution in [0, 0.1) is 6.92 Å². The van der Waals surface area contributed by atoms with Gasteiger partial charge in [-0.05, 0) is 42.3 Å². The number of methoxy groups -OCH3 is 1. The number of nitrogens with zero attached hydrogens (tertiary/aromatic N) is 3. The van der Waals surface area contributed by atoms with Crippen LogP contribution in [0.4, 0.5) is 5.82 Å². The monoisotopic (exact) mass is 424 g/mol. The summed E-state index contributed by atoms with van der Waals surface area (Å²) >= 11 is 6.26. The van der Waals surface area contributed by atoms with Crippen molar-refractivity contribution in [3.8, 4) is 5.75 Å². The Morgan fingerprint density at radius 3 is 2.67 bits per heavy atom. The fourth-order valence-corrected chi connectivity index (χ4v) is 3.31. The van der Waals surface area contributed by atoms with Gasteiger partial charge in [0.2, 0.25) is 6.10 Å². The van der Waals surface area contributed by atoms with Crippen molar-refractivity contribution in [1.29, 1.82) is 0 Å². The number of halogens is 1. The van der Waals surface area contributed by atoms with Crippen molar-refractivity contribution in [3.05, 3.63) is 76.4 Å². The number of aryl methyl sites for hydroxylation is 1. The summed E-state index contributed by atoms with van der Waals surface area (Å²) in [5, 5.41) is 11.5. The number of aromatic nitrogens is 2. The molecule has 0 radical (unpaired) electrons. The Hall–Kier alpha value is -3.32. The van der Waals surface area contributed by atoms with Gasteiger partial charge in [-0.2, -0.15) is 5.10 Å². The normalized spacial score (nSPS) is 15.4. The smallest absolute Gasteiger partial charge is 0.269 e. The number of benzene rings is 2. The van der Waals surface area contributed by atoms with Crippen molar-refractivity contribution >= 4 is 29.0 Å². The molecule has 1 amide bonds. The maximum atomic E-state index is 12.6. The molecule has 0 saturated carbocycles. The highest BCUT2D eigenvalue weighted by molar-refractivity contribution is 6.33. The molecular formula is C22H21ClN4O3. The number of carbonyl (C=O) groups excluding carboxylic acids is 1. The summed E-state index contributed by atoms with van der Waals surface area (Å²) in [4.78, 5) is 17.9. The molecule has 8 heteroatoms. The molecule has 3 aromatic rings. The zero-order valence-corrected chi connectivity index (χ0v) is 17.4. The van der Waals surface area contributed by atoms with Crippen molar-refractivity contribution in [2.75, 3.05) is 12.4 Å². The number of amides is 1. The molecule has 4 rings (SSSR count). The first kappa shape index (κ1) is 20.0. The molecule has 1 aromatic heterocycles. The molecule has 2 heterocycles. The van der Waals surface area contributed by atoms with E-state index < -0.39 is 6.10 Å². The second kappa shape index (κ2) is 8.59. The zero-order chi connectivity index (χ0) is 21.1. The van der Waals surface area contributed by atoms with Crippen LogP contribution in [0.15, 0.2) is 59.9 Å². The molecule has 2 aromatic carbocycles. The van der Waals surface area contributed by atoms with Gasteiger partial charge in [-0.25, -0.2) is 0 Å². The molecule has 0 bridgehead atoms. The Morgan fingerprint density at radius 1 is 1.23 bits per heavy atom. The summed E-state index contributed by atoms with van der Waals surface area (Å²) in [5.41, 5.74) is 3.87. The lowest BCUT2D eigenvalue weighted by molar-refractivity contribution is -0.125. The number of ether oxygens (including phenoxy) is 1. The second-order valence-corrected chi connectivity index (χ2v) is 7.47. The standard InChI is InChI=1S/C22H21ClN4O3/c1-14-3-5-15(6-4-14)12-27-13-18(23)21(25-27)24-22(28)20-11-19(26-30-20)16-7-9-17(29-2)10-8-16/h3-10,13,20H,11-12H2,1-2H3,(H,24,25,28). The third-order valence-electron chi connectivity index (χ3n) is 4.81. The third kappa shape index (κ3) is 4.46. The summed E-state index contributed by atoms with van der Waals surface area (Å²) in [7, 11) is 1.61. The molecule has 30 heavy (non-hydrogen) atoms. The first-order valence-corrected chi connectivity index (χ1v) is 9.86. The quantitative estimate of drug-likeness (QED) is 0.648. The molecule has 1 N–H and O–H groups in total. The highest BCUT2D eigenvalue weighted by Gasteiger charge is 2.30. The SMILES string of the molecule is COc1ccc(C2=NOC(C(=O)Nc3nn(Cc4ccc(C)cc4)cc3Cl)C2)cc1. The highest BCUT2D eigenvalue weighted by Crippen LogP contribution is 2.23. The van der Waals surface area contributed by atoms with Gasteiger partial charge in [0.15, 0.2) is 5.82 Å². The molecule has 1 unspecified atom stereocenters. The maximum Gasteiger partial charge on any atom is 0.269 e. The zero-order valence-electron chi connectivity index (χ0n) is 16.6. The van der Waals surface area contributed by atoms with Crippen molar-refractivity contribution in [2.45, 2.75) is 26.0 Å². The Morgan fingerprint density at radius 2 is 1.97 bits per heavy atom. The molecule has 1 aliphatic heterocycles. The van der Waals surface area contributed by atoms with Gasteiger partial charge >= 0.3 is 0 Å². The van der Waals surface area contributed by atoms with Gasteiger partial charge in [0.1, 0.15) is 10.8 Å². The molecule has 1 aliphatic rings. The largest absolute Gasteiger partial charge is 0.497 e. The minimum Gasteiger partial charge on any atom is -0.497 e. The van der Waals surface area contributed by atoms with E-state index >= 15 is 0 Å². The van der Waals surface area contributed by atoms with Crippen LogP contribution in [0.25, 0.3) is 0 Å². The Balaban J connectivity index is 1.37. The molecule has 0 spiro atoms. The molecule has 0 saturated heterocycles. The topological polar surface area (TPSA) is 77.7 Å². The van der Waals surface area contributed by atoms with Gasteiger partial charge in [0.25, 0.3) is 5.91 Å². The van der Waals surface area contributed by atoms with Gasteiger partial charge in [-0.3, -0.25) is 9.48 Å². The summed E-state index contributed by atoms with van der Waals surface area (Å²) in [6.07, 6.45) is 1.31. The molecule has 0 aliphatic carbocycles. The maximum absolute atomic E-state index is 12.6. The predicted molar refractivity (Wildman–Crippen MR) is 115 cm³/mol. The average molecular weight is 425 g/mol. The Labute approximate surface area is 179 Å². The van der Waals surface area contributed by atoms with Crippen LogP contribution in [-0.2, 0) is 16.2 Å². The molecule has 1 atom stereocenters. The average Bonchev–Trinajstić information content (AvgIpc) is 3.37. The molecule has 0 fully saturated rings. The predicted octanol–water partition coefficient (Wildman–Crippen LogP) is 4.03. The van der Waals surface area contributed by atoms with E-state index in [1.807, 2.05) is 55.5 Å². The fourth-order valence-electron chi connectivity index (χ4n) is 3.11. The van der Waals surface area contributed by atoms with E-state index in [9.17, 15) is 4.79 Å². The van der Waals surface area contributed by atoms with E-state index in [0.717, 1.165) is 16.9 Å². The van der Waals surface area contributed by atoms with Crippen LogP contribution in [0.2, 0.25) is 5.02 Å². The van der Waals surface area contributed by atoms with E-state index in [2.05, 4.69) is 15.6 Å². The van der Waals surface area contributed by atoms with E-state index in [0.29, 0.717) is 29.5 Å². The fraction of sp³-hybridized carbons (Fsp3) is 0.227. The summed E-state index contributed by atoms with van der Waals surface area (Å²) < 4.78 is 6.85. The Kier molecular flexibility index (Phi) is 5.72. The lowest BCUT2D eigenvalue weighted by Gasteiger charge is -2.08. The number of rotatable bonds is 6. The minimum absolute atomic E-state index is 0.301. The first-order chi connectivity index (χ1) is 14.5. The second-order valence-electron chi connectivity index (χ2n) is 7.06. The molecule has 7 nitrogen and oxygen atoms in total. The number of hydrogen-bond acceptors (Lipinski definition) is 5. The van der Waals surface area contributed by atoms with Crippen molar-refractivity contribution in [3.63, 3.8) is 0 Å². The van der Waals surface area contributed by atoms with Gasteiger partial charge in [0.05, 0.1) is 19.4 Å². The van der Waals surface area contributed by atoms with Crippen LogP contribution >= 0.6 is 11.6 Å². The van der Waals surface area contributed by atoms with Crippen molar-refractivity contribution in [1.82, 2.24) is 9.78 Å². The van der Waals surface area contributed by atoms with Crippen molar-refractivity contribution in [2.24, 2.45) is 5.16 Å². The number of hydrogen-bond donors (Lipinski definition) is 1. The number of nitrogens with one attached hydrogen (secondary N) is 1. The third-order valence-corrected chi connectivity index (χ3v) is 5.08. The van der Waals surface area contributed by atoms with Gasteiger partial charge in [0, 0.05) is 12.6 Å². The van der Waals surface area contributed by atoms with Crippen LogP contribution in [0.5, 0.6) is 5.75 Å². The van der Waals surface area contributed by atoms with Crippen LogP contribution in [0.3, 0.4) is 0 Å². The number of oxime groups is 1. The number of carbonyl (C=O) groups is 1. The van der Waals surface area contributed by atoms with E-state index in [4.69, 9.17) is 21.2 Å². The van der Waals surface area contributed by atoms with Gasteiger partial charge in [-0.15, -0.1) is 0 Å². The summed E-state index contributed by atoms with van der Waals surface area (Å²) in [5.74, 6) is 0.712. The van der Waals surface area contributed by atoms with E-state index in [-0.39, 0.29) is 5.91 Å². The summed E-state index contributed by atoms with van der Waals surface area (Å²) in [6, 6.07) is 15.6. The molecule has 154 valence electrons. The van der Waals surface area contributed by atoms with Gasteiger partial charge < -0.3 is 14.9 Å². The van der Waals surface area contributed by atoms with Gasteiger partial charge in [-0.1, -0.05) is 46.6 Å². The van der Waals surface area contributed by atoms with E-state index in [1.54, 1.807) is 18.0 Å². The minimum atomic E-state index is -0.736. The lowest BCUT2D eigenvalue weighted by Crippen LogP contribution is -2.28. The highest BCUT2D eigenvalue weighted by atomic mass is 35.5. The van der Waals surface area contributed by atoms with Crippen LogP contribution in [0.1, 0.15) is 23.1 Å². The first-order valence-electron chi connectivity index (χ1n) is 9.48. The Bertz CT molecular complexity index is 1070. The van der Waals surface area contributed by atoms with Crippen LogP contribution < -0.4 is 10.1 Å². The number of anilines is 1. The van der Waals surface area contributed by atoms with Crippen LogP contribution in [-0.4, -0.2) is 34.6 Å². The molecular weight excluding hydrogens is 404 g/mol. The van der Waals surface area contributed by atoms with E-state index in [1.165, 1.54) is 5.56 Å².